The normalized spacial score (nSPS) is 10.8. The molecule has 1 heterocycles. The largest absolute Gasteiger partial charge is 0.383 e. The first-order valence-electron chi connectivity index (χ1n) is 5.10. The summed E-state index contributed by atoms with van der Waals surface area (Å²) in [6.07, 6.45) is 0. The summed E-state index contributed by atoms with van der Waals surface area (Å²) in [5.41, 5.74) is 5.69. The zero-order chi connectivity index (χ0) is 12.1. The molecule has 1 aromatic rings. The van der Waals surface area contributed by atoms with Crippen molar-refractivity contribution in [3.8, 4) is 0 Å². The molecule has 0 radical (unpaired) electrons. The molecule has 1 rings (SSSR count). The Morgan fingerprint density at radius 2 is 2.19 bits per heavy atom. The second kappa shape index (κ2) is 6.00. The molecule has 90 valence electrons. The van der Waals surface area contributed by atoms with E-state index in [1.165, 1.54) is 0 Å². The number of methoxy groups -OCH3 is 1. The Hall–Kier alpha value is -0.880. The lowest BCUT2D eigenvalue weighted by atomic mass is 10.3. The molecule has 16 heavy (non-hydrogen) atoms. The Kier molecular flexibility index (Phi) is 4.95. The number of hydrogen-bond donors (Lipinski definition) is 1. The fourth-order valence-corrected chi connectivity index (χ4v) is 1.72. The number of rotatable bonds is 5. The maximum atomic E-state index is 5.69. The Morgan fingerprint density at radius 3 is 2.69 bits per heavy atom. The van der Waals surface area contributed by atoms with Crippen LogP contribution in [0.4, 0.5) is 11.8 Å². The van der Waals surface area contributed by atoms with Gasteiger partial charge in [-0.3, -0.25) is 0 Å². The van der Waals surface area contributed by atoms with Crippen molar-refractivity contribution in [3.63, 3.8) is 0 Å². The highest BCUT2D eigenvalue weighted by atomic mass is 79.9. The molecule has 6 heteroatoms. The Morgan fingerprint density at radius 1 is 1.50 bits per heavy atom. The predicted molar refractivity (Wildman–Crippen MR) is 68.5 cm³/mol. The van der Waals surface area contributed by atoms with E-state index in [4.69, 9.17) is 10.5 Å². The van der Waals surface area contributed by atoms with Gasteiger partial charge in [0, 0.05) is 25.8 Å². The SMILES string of the molecule is COCCN(c1nc(N)cc(Br)n1)C(C)C. The van der Waals surface area contributed by atoms with Crippen molar-refractivity contribution in [2.75, 3.05) is 30.9 Å². The molecule has 0 saturated carbocycles. The molecule has 0 atom stereocenters. The molecular formula is C10H17BrN4O. The molecular weight excluding hydrogens is 272 g/mol. The quantitative estimate of drug-likeness (QED) is 0.836. The van der Waals surface area contributed by atoms with E-state index in [1.54, 1.807) is 13.2 Å². The first kappa shape index (κ1) is 13.2. The van der Waals surface area contributed by atoms with Crippen LogP contribution in [0.5, 0.6) is 0 Å². The molecule has 2 N–H and O–H groups in total. The summed E-state index contributed by atoms with van der Waals surface area (Å²) in [6, 6.07) is 1.97. The first-order valence-corrected chi connectivity index (χ1v) is 5.89. The summed E-state index contributed by atoms with van der Waals surface area (Å²) in [5, 5.41) is 0. The minimum absolute atomic E-state index is 0.295. The molecule has 1 aromatic heterocycles. The average molecular weight is 289 g/mol. The Balaban J connectivity index is 2.91. The number of halogens is 1. The molecule has 0 spiro atoms. The van der Waals surface area contributed by atoms with Crippen molar-refractivity contribution in [1.29, 1.82) is 0 Å². The average Bonchev–Trinajstić information content (AvgIpc) is 2.16. The minimum atomic E-state index is 0.295. The third-order valence-electron chi connectivity index (χ3n) is 2.12. The molecule has 0 aromatic carbocycles. The molecule has 5 nitrogen and oxygen atoms in total. The van der Waals surface area contributed by atoms with Gasteiger partial charge in [-0.1, -0.05) is 0 Å². The van der Waals surface area contributed by atoms with Crippen LogP contribution in [0.3, 0.4) is 0 Å². The lowest BCUT2D eigenvalue weighted by Crippen LogP contribution is -2.35. The van der Waals surface area contributed by atoms with Crippen LogP contribution >= 0.6 is 15.9 Å². The zero-order valence-electron chi connectivity index (χ0n) is 9.77. The Labute approximate surface area is 104 Å². The van der Waals surface area contributed by atoms with Crippen molar-refractivity contribution in [2.24, 2.45) is 0 Å². The third-order valence-corrected chi connectivity index (χ3v) is 2.53. The van der Waals surface area contributed by atoms with Gasteiger partial charge < -0.3 is 15.4 Å². The highest BCUT2D eigenvalue weighted by Crippen LogP contribution is 2.17. The summed E-state index contributed by atoms with van der Waals surface area (Å²) < 4.78 is 5.76. The molecule has 0 saturated heterocycles. The van der Waals surface area contributed by atoms with E-state index in [2.05, 4.69) is 39.7 Å². The molecule has 0 unspecified atom stereocenters. The standard InChI is InChI=1S/C10H17BrN4O/c1-7(2)15(4-5-16-3)10-13-8(11)6-9(12)14-10/h6-7H,4-5H2,1-3H3,(H2,12,13,14). The lowest BCUT2D eigenvalue weighted by molar-refractivity contribution is 0.203. The fourth-order valence-electron chi connectivity index (χ4n) is 1.33. The second-order valence-corrected chi connectivity index (χ2v) is 4.51. The van der Waals surface area contributed by atoms with Crippen LogP contribution in [-0.2, 0) is 4.74 Å². The van der Waals surface area contributed by atoms with Crippen molar-refractivity contribution in [1.82, 2.24) is 9.97 Å². The van der Waals surface area contributed by atoms with E-state index in [-0.39, 0.29) is 0 Å². The third kappa shape index (κ3) is 3.61. The number of ether oxygens (including phenoxy) is 1. The van der Waals surface area contributed by atoms with Gasteiger partial charge in [-0.05, 0) is 29.8 Å². The summed E-state index contributed by atoms with van der Waals surface area (Å²) in [6.45, 7) is 5.53. The Bertz CT molecular complexity index is 325. The zero-order valence-corrected chi connectivity index (χ0v) is 11.4. The molecule has 0 fully saturated rings. The van der Waals surface area contributed by atoms with E-state index in [1.807, 2.05) is 4.90 Å². The van der Waals surface area contributed by atoms with E-state index in [9.17, 15) is 0 Å². The fraction of sp³-hybridized carbons (Fsp3) is 0.600. The van der Waals surface area contributed by atoms with Gasteiger partial charge in [-0.2, -0.15) is 4.98 Å². The smallest absolute Gasteiger partial charge is 0.228 e. The summed E-state index contributed by atoms with van der Waals surface area (Å²) in [4.78, 5) is 10.6. The van der Waals surface area contributed by atoms with E-state index in [0.717, 1.165) is 6.54 Å². The van der Waals surface area contributed by atoms with Crippen LogP contribution in [0, 0.1) is 0 Å². The summed E-state index contributed by atoms with van der Waals surface area (Å²) in [7, 11) is 1.68. The van der Waals surface area contributed by atoms with E-state index < -0.39 is 0 Å². The molecule has 0 aliphatic rings. The lowest BCUT2D eigenvalue weighted by Gasteiger charge is -2.26. The van der Waals surface area contributed by atoms with E-state index in [0.29, 0.717) is 29.0 Å². The number of anilines is 2. The number of hydrogen-bond acceptors (Lipinski definition) is 5. The summed E-state index contributed by atoms with van der Waals surface area (Å²) in [5.74, 6) is 1.08. The van der Waals surface area contributed by atoms with Gasteiger partial charge >= 0.3 is 0 Å². The first-order chi connectivity index (χ1) is 7.54. The maximum absolute atomic E-state index is 5.69. The van der Waals surface area contributed by atoms with Crippen LogP contribution in [-0.4, -0.2) is 36.3 Å². The van der Waals surface area contributed by atoms with Crippen molar-refractivity contribution < 1.29 is 4.74 Å². The van der Waals surface area contributed by atoms with Crippen LogP contribution in [0.25, 0.3) is 0 Å². The highest BCUT2D eigenvalue weighted by molar-refractivity contribution is 9.10. The van der Waals surface area contributed by atoms with Gasteiger partial charge in [0.25, 0.3) is 0 Å². The second-order valence-electron chi connectivity index (χ2n) is 3.70. The van der Waals surface area contributed by atoms with Gasteiger partial charge in [-0.25, -0.2) is 4.98 Å². The van der Waals surface area contributed by atoms with Gasteiger partial charge in [0.15, 0.2) is 0 Å². The minimum Gasteiger partial charge on any atom is -0.383 e. The van der Waals surface area contributed by atoms with Crippen LogP contribution in [0.1, 0.15) is 13.8 Å². The van der Waals surface area contributed by atoms with Crippen molar-refractivity contribution in [2.45, 2.75) is 19.9 Å². The van der Waals surface area contributed by atoms with Gasteiger partial charge in [-0.15, -0.1) is 0 Å². The monoisotopic (exact) mass is 288 g/mol. The van der Waals surface area contributed by atoms with E-state index >= 15 is 0 Å². The maximum Gasteiger partial charge on any atom is 0.228 e. The molecule has 0 amide bonds. The van der Waals surface area contributed by atoms with Crippen LogP contribution in [0.15, 0.2) is 10.7 Å². The van der Waals surface area contributed by atoms with Gasteiger partial charge in [0.05, 0.1) is 6.61 Å². The van der Waals surface area contributed by atoms with Crippen LogP contribution < -0.4 is 10.6 Å². The van der Waals surface area contributed by atoms with Crippen molar-refractivity contribution >= 4 is 27.7 Å². The number of nitrogens with zero attached hydrogens (tertiary/aromatic N) is 3. The van der Waals surface area contributed by atoms with Gasteiger partial charge in [0.1, 0.15) is 10.4 Å². The van der Waals surface area contributed by atoms with Crippen molar-refractivity contribution in [3.05, 3.63) is 10.7 Å². The van der Waals surface area contributed by atoms with Crippen LogP contribution in [0.2, 0.25) is 0 Å². The number of nitrogens with two attached hydrogens (primary N) is 1. The number of aromatic nitrogens is 2. The molecule has 0 bridgehead atoms. The molecule has 0 aliphatic heterocycles. The number of nitrogen functional groups attached to an aromatic ring is 1. The van der Waals surface area contributed by atoms with Gasteiger partial charge in [0.2, 0.25) is 5.95 Å². The molecule has 0 aliphatic carbocycles. The predicted octanol–water partition coefficient (Wildman–Crippen LogP) is 1.68. The topological polar surface area (TPSA) is 64.3 Å². The highest BCUT2D eigenvalue weighted by Gasteiger charge is 2.14. The summed E-state index contributed by atoms with van der Waals surface area (Å²) >= 11 is 3.31.